The molecule has 0 aliphatic carbocycles. The number of carbonyl (C=O) groups excluding carboxylic acids is 1. The molecule has 1 amide bonds. The van der Waals surface area contributed by atoms with Gasteiger partial charge < -0.3 is 4.90 Å². The molecule has 0 bridgehead atoms. The molecule has 122 valence electrons. The second-order valence-corrected chi connectivity index (χ2v) is 9.47. The summed E-state index contributed by atoms with van der Waals surface area (Å²) in [6.07, 6.45) is 5.54. The van der Waals surface area contributed by atoms with Gasteiger partial charge in [0, 0.05) is 28.0 Å². The summed E-state index contributed by atoms with van der Waals surface area (Å²) < 4.78 is 0.253. The van der Waals surface area contributed by atoms with Gasteiger partial charge in [-0.25, -0.2) is 0 Å². The van der Waals surface area contributed by atoms with Gasteiger partial charge in [0.2, 0.25) is 0 Å². The van der Waals surface area contributed by atoms with Crippen molar-refractivity contribution in [2.75, 3.05) is 18.6 Å². The quantitative estimate of drug-likeness (QED) is 0.726. The van der Waals surface area contributed by atoms with Crippen LogP contribution in [0.1, 0.15) is 50.4 Å². The van der Waals surface area contributed by atoms with Crippen LogP contribution in [0.5, 0.6) is 0 Å². The fraction of sp³-hybridized carbons (Fsp3) is 0.611. The van der Waals surface area contributed by atoms with Crippen LogP contribution in [0.2, 0.25) is 0 Å². The van der Waals surface area contributed by atoms with E-state index in [-0.39, 0.29) is 10.7 Å². The van der Waals surface area contributed by atoms with Gasteiger partial charge in [-0.1, -0.05) is 32.9 Å². The van der Waals surface area contributed by atoms with Crippen LogP contribution in [0.4, 0.5) is 0 Å². The Labute approximate surface area is 143 Å². The molecule has 22 heavy (non-hydrogen) atoms. The first-order valence-corrected chi connectivity index (χ1v) is 10.2. The van der Waals surface area contributed by atoms with Gasteiger partial charge in [-0.15, -0.1) is 11.8 Å². The molecule has 0 saturated carbocycles. The van der Waals surface area contributed by atoms with Crippen LogP contribution in [-0.4, -0.2) is 40.1 Å². The standard InChI is InChI=1S/C18H27NOS2/c1-18(2,3)22-13-14-9-7-8-12-19(14)17(20)15-10-5-6-11-16(15)21-4/h5-6,10-11,14H,7-9,12-13H2,1-4H3. The minimum Gasteiger partial charge on any atom is -0.335 e. The molecule has 1 aromatic rings. The number of amides is 1. The smallest absolute Gasteiger partial charge is 0.255 e. The van der Waals surface area contributed by atoms with E-state index < -0.39 is 0 Å². The van der Waals surface area contributed by atoms with Gasteiger partial charge in [0.25, 0.3) is 5.91 Å². The first-order chi connectivity index (χ1) is 10.4. The van der Waals surface area contributed by atoms with Gasteiger partial charge in [0.15, 0.2) is 0 Å². The first-order valence-electron chi connectivity index (χ1n) is 8.00. The Morgan fingerprint density at radius 2 is 2.00 bits per heavy atom. The summed E-state index contributed by atoms with van der Waals surface area (Å²) in [7, 11) is 0. The molecule has 2 rings (SSSR count). The van der Waals surface area contributed by atoms with Gasteiger partial charge in [0.05, 0.1) is 5.56 Å². The normalized spacial score (nSPS) is 19.3. The highest BCUT2D eigenvalue weighted by molar-refractivity contribution is 8.00. The second kappa shape index (κ2) is 7.78. The van der Waals surface area contributed by atoms with Crippen LogP contribution in [0.3, 0.4) is 0 Å². The van der Waals surface area contributed by atoms with Gasteiger partial charge >= 0.3 is 0 Å². The van der Waals surface area contributed by atoms with E-state index in [0.717, 1.165) is 35.6 Å². The summed E-state index contributed by atoms with van der Waals surface area (Å²) in [5, 5.41) is 0. The van der Waals surface area contributed by atoms with Crippen LogP contribution in [-0.2, 0) is 0 Å². The lowest BCUT2D eigenvalue weighted by atomic mass is 10.0. The highest BCUT2D eigenvalue weighted by atomic mass is 32.2. The summed E-state index contributed by atoms with van der Waals surface area (Å²) in [4.78, 5) is 16.2. The van der Waals surface area contributed by atoms with Crippen molar-refractivity contribution in [2.24, 2.45) is 0 Å². The molecule has 1 aliphatic rings. The molecule has 0 radical (unpaired) electrons. The Hall–Kier alpha value is -0.610. The summed E-state index contributed by atoms with van der Waals surface area (Å²) in [6, 6.07) is 8.36. The van der Waals surface area contributed by atoms with Crippen molar-refractivity contribution in [3.63, 3.8) is 0 Å². The van der Waals surface area contributed by atoms with E-state index in [1.54, 1.807) is 11.8 Å². The Balaban J connectivity index is 2.14. The van der Waals surface area contributed by atoms with Gasteiger partial charge in [-0.05, 0) is 37.7 Å². The molecular weight excluding hydrogens is 310 g/mol. The number of rotatable bonds is 4. The van der Waals surface area contributed by atoms with Crippen LogP contribution >= 0.6 is 23.5 Å². The number of nitrogens with zero attached hydrogens (tertiary/aromatic N) is 1. The third kappa shape index (κ3) is 4.69. The molecule has 1 atom stereocenters. The summed E-state index contributed by atoms with van der Waals surface area (Å²) in [5.41, 5.74) is 0.864. The summed E-state index contributed by atoms with van der Waals surface area (Å²) >= 11 is 3.62. The molecular formula is C18H27NOS2. The van der Waals surface area contributed by atoms with Crippen LogP contribution < -0.4 is 0 Å². The average molecular weight is 338 g/mol. The number of thioether (sulfide) groups is 2. The maximum atomic E-state index is 13.0. The van der Waals surface area contributed by atoms with E-state index in [1.807, 2.05) is 42.3 Å². The van der Waals surface area contributed by atoms with E-state index in [4.69, 9.17) is 0 Å². The fourth-order valence-electron chi connectivity index (χ4n) is 2.76. The molecule has 1 aliphatic heterocycles. The molecule has 2 nitrogen and oxygen atoms in total. The SMILES string of the molecule is CSc1ccccc1C(=O)N1CCCCC1CSC(C)(C)C. The van der Waals surface area contributed by atoms with Gasteiger partial charge in [0.1, 0.15) is 0 Å². The van der Waals surface area contributed by atoms with Gasteiger partial charge in [-0.2, -0.15) is 11.8 Å². The number of hydrogen-bond donors (Lipinski definition) is 0. The summed E-state index contributed by atoms with van der Waals surface area (Å²) in [5.74, 6) is 1.25. The predicted octanol–water partition coefficient (Wildman–Crippen LogP) is 4.93. The van der Waals surface area contributed by atoms with Crippen molar-refractivity contribution >= 4 is 29.4 Å². The summed E-state index contributed by atoms with van der Waals surface area (Å²) in [6.45, 7) is 7.64. The molecule has 1 heterocycles. The van der Waals surface area contributed by atoms with Crippen molar-refractivity contribution in [3.05, 3.63) is 29.8 Å². The zero-order valence-electron chi connectivity index (χ0n) is 14.1. The highest BCUT2D eigenvalue weighted by Crippen LogP contribution is 2.30. The Morgan fingerprint density at radius 3 is 2.68 bits per heavy atom. The lowest BCUT2D eigenvalue weighted by Crippen LogP contribution is -2.45. The molecule has 1 aromatic carbocycles. The first kappa shape index (κ1) is 17.7. The predicted molar refractivity (Wildman–Crippen MR) is 99.1 cm³/mol. The fourth-order valence-corrected chi connectivity index (χ4v) is 4.39. The topological polar surface area (TPSA) is 20.3 Å². The third-order valence-electron chi connectivity index (χ3n) is 3.93. The zero-order valence-corrected chi connectivity index (χ0v) is 15.7. The molecule has 1 saturated heterocycles. The minimum absolute atomic E-state index is 0.212. The molecule has 1 unspecified atom stereocenters. The lowest BCUT2D eigenvalue weighted by Gasteiger charge is -2.37. The zero-order chi connectivity index (χ0) is 16.2. The Kier molecular flexibility index (Phi) is 6.27. The molecule has 0 N–H and O–H groups in total. The monoisotopic (exact) mass is 337 g/mol. The van der Waals surface area contributed by atoms with Crippen molar-refractivity contribution in [3.8, 4) is 0 Å². The van der Waals surface area contributed by atoms with E-state index in [9.17, 15) is 4.79 Å². The van der Waals surface area contributed by atoms with Crippen molar-refractivity contribution in [2.45, 2.75) is 55.7 Å². The third-order valence-corrected chi connectivity index (χ3v) is 6.15. The minimum atomic E-state index is 0.212. The van der Waals surface area contributed by atoms with E-state index >= 15 is 0 Å². The number of hydrogen-bond acceptors (Lipinski definition) is 3. The maximum Gasteiger partial charge on any atom is 0.255 e. The van der Waals surface area contributed by atoms with E-state index in [0.29, 0.717) is 6.04 Å². The van der Waals surface area contributed by atoms with Crippen LogP contribution in [0.15, 0.2) is 29.2 Å². The van der Waals surface area contributed by atoms with Crippen LogP contribution in [0, 0.1) is 0 Å². The van der Waals surface area contributed by atoms with E-state index in [2.05, 4.69) is 25.7 Å². The van der Waals surface area contributed by atoms with Crippen LogP contribution in [0.25, 0.3) is 0 Å². The molecule has 0 spiro atoms. The molecule has 0 aromatic heterocycles. The number of benzene rings is 1. The number of piperidine rings is 1. The number of carbonyl (C=O) groups is 1. The highest BCUT2D eigenvalue weighted by Gasteiger charge is 2.29. The van der Waals surface area contributed by atoms with Crippen molar-refractivity contribution in [1.29, 1.82) is 0 Å². The second-order valence-electron chi connectivity index (χ2n) is 6.77. The van der Waals surface area contributed by atoms with E-state index in [1.165, 1.54) is 6.42 Å². The Morgan fingerprint density at radius 1 is 1.27 bits per heavy atom. The lowest BCUT2D eigenvalue weighted by molar-refractivity contribution is 0.0637. The largest absolute Gasteiger partial charge is 0.335 e. The number of likely N-dealkylation sites (tertiary alicyclic amines) is 1. The van der Waals surface area contributed by atoms with Crippen molar-refractivity contribution < 1.29 is 4.79 Å². The van der Waals surface area contributed by atoms with Crippen molar-refractivity contribution in [1.82, 2.24) is 4.90 Å². The maximum absolute atomic E-state index is 13.0. The van der Waals surface area contributed by atoms with Gasteiger partial charge in [-0.3, -0.25) is 4.79 Å². The molecule has 1 fully saturated rings. The average Bonchev–Trinajstić information content (AvgIpc) is 2.51. The molecule has 4 heteroatoms. The Bertz CT molecular complexity index is 510.